The van der Waals surface area contributed by atoms with Gasteiger partial charge in [-0.05, 0) is 18.2 Å². The molecule has 1 heterocycles. The SMILES string of the molecule is Nc1ccc(C(=O)OCc2cnoc2)cc1F. The highest BCUT2D eigenvalue weighted by Crippen LogP contribution is 2.13. The van der Waals surface area contributed by atoms with Crippen molar-refractivity contribution in [1.82, 2.24) is 5.16 Å². The Balaban J connectivity index is 2.02. The van der Waals surface area contributed by atoms with Gasteiger partial charge in [0.15, 0.2) is 0 Å². The molecule has 0 bridgehead atoms. The summed E-state index contributed by atoms with van der Waals surface area (Å²) in [5.74, 6) is -1.28. The van der Waals surface area contributed by atoms with Gasteiger partial charge in [-0.2, -0.15) is 0 Å². The molecule has 0 atom stereocenters. The average molecular weight is 236 g/mol. The van der Waals surface area contributed by atoms with Gasteiger partial charge >= 0.3 is 5.97 Å². The molecule has 0 fully saturated rings. The molecular weight excluding hydrogens is 227 g/mol. The minimum atomic E-state index is -0.649. The molecule has 5 nitrogen and oxygen atoms in total. The third kappa shape index (κ3) is 2.60. The van der Waals surface area contributed by atoms with Crippen LogP contribution in [0.4, 0.5) is 10.1 Å². The number of carbonyl (C=O) groups excluding carboxylic acids is 1. The van der Waals surface area contributed by atoms with Crippen LogP contribution in [-0.2, 0) is 11.3 Å². The molecule has 2 aromatic rings. The molecule has 0 radical (unpaired) electrons. The van der Waals surface area contributed by atoms with E-state index in [-0.39, 0.29) is 17.9 Å². The highest BCUT2D eigenvalue weighted by atomic mass is 19.1. The number of rotatable bonds is 3. The Morgan fingerprint density at radius 2 is 2.35 bits per heavy atom. The topological polar surface area (TPSA) is 78.4 Å². The van der Waals surface area contributed by atoms with Crippen molar-refractivity contribution < 1.29 is 18.4 Å². The average Bonchev–Trinajstić information content (AvgIpc) is 2.82. The van der Waals surface area contributed by atoms with E-state index in [2.05, 4.69) is 9.68 Å². The van der Waals surface area contributed by atoms with Gasteiger partial charge in [0.2, 0.25) is 0 Å². The number of benzene rings is 1. The zero-order valence-corrected chi connectivity index (χ0v) is 8.72. The van der Waals surface area contributed by atoms with Gasteiger partial charge < -0.3 is 15.0 Å². The van der Waals surface area contributed by atoms with Crippen molar-refractivity contribution in [3.05, 3.63) is 47.6 Å². The molecule has 1 aromatic carbocycles. The molecular formula is C11H9FN2O3. The fourth-order valence-electron chi connectivity index (χ4n) is 1.18. The minimum Gasteiger partial charge on any atom is -0.457 e. The number of nitrogen functional groups attached to an aromatic ring is 1. The van der Waals surface area contributed by atoms with Crippen molar-refractivity contribution in [3.8, 4) is 0 Å². The van der Waals surface area contributed by atoms with Gasteiger partial charge in [0.25, 0.3) is 0 Å². The van der Waals surface area contributed by atoms with E-state index >= 15 is 0 Å². The van der Waals surface area contributed by atoms with Crippen molar-refractivity contribution in [1.29, 1.82) is 0 Å². The van der Waals surface area contributed by atoms with Crippen molar-refractivity contribution >= 4 is 11.7 Å². The molecule has 2 N–H and O–H groups in total. The Kier molecular flexibility index (Phi) is 3.04. The zero-order chi connectivity index (χ0) is 12.3. The van der Waals surface area contributed by atoms with Gasteiger partial charge in [-0.25, -0.2) is 9.18 Å². The molecule has 0 saturated heterocycles. The minimum absolute atomic E-state index is 0.0133. The molecule has 0 amide bonds. The molecule has 88 valence electrons. The lowest BCUT2D eigenvalue weighted by molar-refractivity contribution is 0.0471. The first-order valence-electron chi connectivity index (χ1n) is 4.77. The maximum Gasteiger partial charge on any atom is 0.338 e. The highest BCUT2D eigenvalue weighted by molar-refractivity contribution is 5.89. The van der Waals surface area contributed by atoms with Crippen LogP contribution in [-0.4, -0.2) is 11.1 Å². The monoisotopic (exact) mass is 236 g/mol. The highest BCUT2D eigenvalue weighted by Gasteiger charge is 2.10. The van der Waals surface area contributed by atoms with Crippen molar-refractivity contribution in [2.75, 3.05) is 5.73 Å². The maximum atomic E-state index is 13.1. The summed E-state index contributed by atoms with van der Waals surface area (Å²) in [5.41, 5.74) is 6.00. The number of nitrogens with zero attached hydrogens (tertiary/aromatic N) is 1. The number of hydrogen-bond donors (Lipinski definition) is 1. The van der Waals surface area contributed by atoms with Crippen LogP contribution in [0.3, 0.4) is 0 Å². The van der Waals surface area contributed by atoms with Crippen molar-refractivity contribution in [2.45, 2.75) is 6.61 Å². The number of anilines is 1. The summed E-state index contributed by atoms with van der Waals surface area (Å²) in [6.07, 6.45) is 2.79. The molecule has 6 heteroatoms. The second kappa shape index (κ2) is 4.65. The predicted octanol–water partition coefficient (Wildman–Crippen LogP) is 1.75. The first-order chi connectivity index (χ1) is 8.16. The first kappa shape index (κ1) is 11.1. The molecule has 0 aliphatic heterocycles. The van der Waals surface area contributed by atoms with E-state index in [0.717, 1.165) is 6.07 Å². The van der Waals surface area contributed by atoms with Gasteiger partial charge in [0.05, 0.1) is 17.4 Å². The Labute approximate surface area is 96.0 Å². The molecule has 0 saturated carbocycles. The lowest BCUT2D eigenvalue weighted by Crippen LogP contribution is -2.06. The number of halogens is 1. The predicted molar refractivity (Wildman–Crippen MR) is 56.4 cm³/mol. The van der Waals surface area contributed by atoms with E-state index in [1.165, 1.54) is 24.6 Å². The Morgan fingerprint density at radius 3 is 3.00 bits per heavy atom. The maximum absolute atomic E-state index is 13.1. The number of aromatic nitrogens is 1. The Hall–Kier alpha value is -2.37. The van der Waals surface area contributed by atoms with Crippen LogP contribution in [0, 0.1) is 5.82 Å². The number of esters is 1. The molecule has 17 heavy (non-hydrogen) atoms. The van der Waals surface area contributed by atoms with Crippen molar-refractivity contribution in [3.63, 3.8) is 0 Å². The fraction of sp³-hybridized carbons (Fsp3) is 0.0909. The van der Waals surface area contributed by atoms with E-state index in [9.17, 15) is 9.18 Å². The summed E-state index contributed by atoms with van der Waals surface area (Å²) < 4.78 is 22.6. The van der Waals surface area contributed by atoms with Crippen LogP contribution in [0.1, 0.15) is 15.9 Å². The van der Waals surface area contributed by atoms with Gasteiger partial charge in [-0.3, -0.25) is 0 Å². The summed E-state index contributed by atoms with van der Waals surface area (Å²) in [6.45, 7) is 0.0222. The smallest absolute Gasteiger partial charge is 0.338 e. The second-order valence-electron chi connectivity index (χ2n) is 3.35. The summed E-state index contributed by atoms with van der Waals surface area (Å²) in [6, 6.07) is 3.74. The molecule has 0 aliphatic carbocycles. The lowest BCUT2D eigenvalue weighted by atomic mass is 10.2. The van der Waals surface area contributed by atoms with E-state index in [1.54, 1.807) is 0 Å². The standard InChI is InChI=1S/C11H9FN2O3/c12-9-3-8(1-2-10(9)13)11(15)16-5-7-4-14-17-6-7/h1-4,6H,5,13H2. The van der Waals surface area contributed by atoms with E-state index in [1.807, 2.05) is 0 Å². The lowest BCUT2D eigenvalue weighted by Gasteiger charge is -2.03. The summed E-state index contributed by atoms with van der Waals surface area (Å²) in [7, 11) is 0. The number of hydrogen-bond acceptors (Lipinski definition) is 5. The van der Waals surface area contributed by atoms with Crippen LogP contribution in [0.5, 0.6) is 0 Å². The first-order valence-corrected chi connectivity index (χ1v) is 4.77. The van der Waals surface area contributed by atoms with Crippen LogP contribution in [0.15, 0.2) is 35.2 Å². The van der Waals surface area contributed by atoms with Crippen LogP contribution >= 0.6 is 0 Å². The number of nitrogens with two attached hydrogens (primary N) is 1. The Morgan fingerprint density at radius 1 is 1.53 bits per heavy atom. The third-order valence-electron chi connectivity index (χ3n) is 2.09. The van der Waals surface area contributed by atoms with Gasteiger partial charge in [0.1, 0.15) is 18.7 Å². The third-order valence-corrected chi connectivity index (χ3v) is 2.09. The van der Waals surface area contributed by atoms with E-state index in [0.29, 0.717) is 5.56 Å². The molecule has 0 unspecified atom stereocenters. The molecule has 0 aliphatic rings. The van der Waals surface area contributed by atoms with Crippen LogP contribution in [0.2, 0.25) is 0 Å². The molecule has 1 aromatic heterocycles. The van der Waals surface area contributed by atoms with Crippen LogP contribution in [0.25, 0.3) is 0 Å². The number of carbonyl (C=O) groups is 1. The summed E-state index contributed by atoms with van der Waals surface area (Å²) in [5, 5.41) is 3.46. The van der Waals surface area contributed by atoms with Crippen LogP contribution < -0.4 is 5.73 Å². The normalized spacial score (nSPS) is 10.2. The molecule has 2 rings (SSSR count). The number of ether oxygens (including phenoxy) is 1. The largest absolute Gasteiger partial charge is 0.457 e. The zero-order valence-electron chi connectivity index (χ0n) is 8.72. The van der Waals surface area contributed by atoms with Gasteiger partial charge in [-0.15, -0.1) is 0 Å². The van der Waals surface area contributed by atoms with Gasteiger partial charge in [0, 0.05) is 5.56 Å². The van der Waals surface area contributed by atoms with E-state index in [4.69, 9.17) is 10.5 Å². The van der Waals surface area contributed by atoms with E-state index < -0.39 is 11.8 Å². The second-order valence-corrected chi connectivity index (χ2v) is 3.35. The summed E-state index contributed by atoms with van der Waals surface area (Å²) >= 11 is 0. The quantitative estimate of drug-likeness (QED) is 0.648. The fourth-order valence-corrected chi connectivity index (χ4v) is 1.18. The summed E-state index contributed by atoms with van der Waals surface area (Å²) in [4.78, 5) is 11.5. The Bertz CT molecular complexity index is 526. The molecule has 0 spiro atoms. The van der Waals surface area contributed by atoms with Crippen molar-refractivity contribution in [2.24, 2.45) is 0 Å². The van der Waals surface area contributed by atoms with Gasteiger partial charge in [-0.1, -0.05) is 5.16 Å².